The molecule has 116 valence electrons. The first-order valence-corrected chi connectivity index (χ1v) is 7.52. The fraction of sp³-hybridized carbons (Fsp3) is 0.667. The molecule has 1 fully saturated rings. The molecule has 21 heavy (non-hydrogen) atoms. The first kappa shape index (κ1) is 15.5. The Morgan fingerprint density at radius 3 is 2.52 bits per heavy atom. The third kappa shape index (κ3) is 2.94. The summed E-state index contributed by atoms with van der Waals surface area (Å²) in [6.07, 6.45) is 2.12. The van der Waals surface area contributed by atoms with Crippen molar-refractivity contribution in [1.29, 1.82) is 0 Å². The normalized spacial score (nSPS) is 22.6. The molecule has 1 aliphatic rings. The summed E-state index contributed by atoms with van der Waals surface area (Å²) >= 11 is 0. The van der Waals surface area contributed by atoms with Gasteiger partial charge in [0.1, 0.15) is 17.8 Å². The number of hydrogen-bond acceptors (Lipinski definition) is 4. The Hall–Kier alpha value is -1.85. The number of carbonyl (C=O) groups excluding carboxylic acids is 2. The highest BCUT2D eigenvalue weighted by atomic mass is 16.5. The van der Waals surface area contributed by atoms with Crippen molar-refractivity contribution in [3.8, 4) is 0 Å². The molecule has 0 aliphatic carbocycles. The van der Waals surface area contributed by atoms with Crippen LogP contribution in [0.2, 0.25) is 0 Å². The van der Waals surface area contributed by atoms with Gasteiger partial charge in [0.2, 0.25) is 11.8 Å². The second kappa shape index (κ2) is 6.28. The lowest BCUT2D eigenvalue weighted by Gasteiger charge is -2.38. The van der Waals surface area contributed by atoms with Gasteiger partial charge in [-0.1, -0.05) is 25.4 Å². The Morgan fingerprint density at radius 1 is 1.29 bits per heavy atom. The van der Waals surface area contributed by atoms with Crippen LogP contribution in [0, 0.1) is 13.8 Å². The number of aromatic nitrogens is 1. The smallest absolute Gasteiger partial charge is 0.246 e. The van der Waals surface area contributed by atoms with Gasteiger partial charge in [0.25, 0.3) is 0 Å². The van der Waals surface area contributed by atoms with Crippen LogP contribution in [0.4, 0.5) is 0 Å². The zero-order valence-electron chi connectivity index (χ0n) is 13.1. The number of rotatable bonds is 5. The van der Waals surface area contributed by atoms with Crippen molar-refractivity contribution in [2.75, 3.05) is 0 Å². The number of aryl methyl sites for hydroxylation is 2. The zero-order valence-corrected chi connectivity index (χ0v) is 13.1. The van der Waals surface area contributed by atoms with Gasteiger partial charge in [-0.3, -0.25) is 9.59 Å². The van der Waals surface area contributed by atoms with E-state index >= 15 is 0 Å². The second-order valence-electron chi connectivity index (χ2n) is 5.54. The molecule has 0 radical (unpaired) electrons. The molecule has 2 rings (SSSR count). The zero-order chi connectivity index (χ0) is 15.6. The van der Waals surface area contributed by atoms with Gasteiger partial charge < -0.3 is 14.7 Å². The summed E-state index contributed by atoms with van der Waals surface area (Å²) in [5.74, 6) is 0.624. The number of nitrogens with zero attached hydrogens (tertiary/aromatic N) is 2. The van der Waals surface area contributed by atoms with Crippen LogP contribution in [-0.4, -0.2) is 34.0 Å². The van der Waals surface area contributed by atoms with Crippen LogP contribution in [0.1, 0.15) is 50.1 Å². The highest BCUT2D eigenvalue weighted by molar-refractivity contribution is 5.96. The van der Waals surface area contributed by atoms with Crippen LogP contribution in [0.3, 0.4) is 0 Å². The quantitative estimate of drug-likeness (QED) is 0.896. The van der Waals surface area contributed by atoms with Crippen molar-refractivity contribution in [2.24, 2.45) is 0 Å². The maximum atomic E-state index is 12.6. The molecule has 0 spiro atoms. The molecule has 1 aromatic heterocycles. The maximum Gasteiger partial charge on any atom is 0.246 e. The summed E-state index contributed by atoms with van der Waals surface area (Å²) in [5, 5.41) is 6.76. The molecule has 0 aromatic carbocycles. The van der Waals surface area contributed by atoms with E-state index in [1.54, 1.807) is 4.90 Å². The first-order valence-electron chi connectivity index (χ1n) is 7.52. The largest absolute Gasteiger partial charge is 0.361 e. The van der Waals surface area contributed by atoms with Gasteiger partial charge in [-0.2, -0.15) is 0 Å². The van der Waals surface area contributed by atoms with Gasteiger partial charge in [-0.05, 0) is 26.7 Å². The number of carbonyl (C=O) groups is 2. The Labute approximate surface area is 124 Å². The number of amides is 2. The van der Waals surface area contributed by atoms with Gasteiger partial charge in [-0.15, -0.1) is 0 Å². The lowest BCUT2D eigenvalue weighted by Crippen LogP contribution is -2.62. The lowest BCUT2D eigenvalue weighted by atomic mass is 10.0. The van der Waals surface area contributed by atoms with Crippen molar-refractivity contribution < 1.29 is 14.1 Å². The van der Waals surface area contributed by atoms with E-state index in [9.17, 15) is 9.59 Å². The number of nitrogens with one attached hydrogen (secondary N) is 1. The molecule has 1 aromatic rings. The van der Waals surface area contributed by atoms with Crippen molar-refractivity contribution >= 4 is 11.8 Å². The summed E-state index contributed by atoms with van der Waals surface area (Å²) in [6, 6.07) is -0.829. The monoisotopic (exact) mass is 293 g/mol. The SMILES string of the molecule is CCCC1NC(=O)C(CC)N(Cc2c(C)noc2C)C1=O. The Bertz CT molecular complexity index is 519. The van der Waals surface area contributed by atoms with E-state index in [0.29, 0.717) is 25.1 Å². The first-order chi connectivity index (χ1) is 9.99. The van der Waals surface area contributed by atoms with Crippen molar-refractivity contribution in [3.05, 3.63) is 17.0 Å². The second-order valence-corrected chi connectivity index (χ2v) is 5.54. The summed E-state index contributed by atoms with van der Waals surface area (Å²) in [4.78, 5) is 26.5. The molecule has 1 aliphatic heterocycles. The van der Waals surface area contributed by atoms with Crippen LogP contribution >= 0.6 is 0 Å². The van der Waals surface area contributed by atoms with E-state index in [2.05, 4.69) is 10.5 Å². The summed E-state index contributed by atoms with van der Waals surface area (Å²) < 4.78 is 5.15. The van der Waals surface area contributed by atoms with Crippen LogP contribution in [0.15, 0.2) is 4.52 Å². The predicted molar refractivity (Wildman–Crippen MR) is 77.4 cm³/mol. The molecule has 1 saturated heterocycles. The standard InChI is InChI=1S/C15H23N3O3/c1-5-7-12-15(20)18(13(6-2)14(19)16-12)8-11-9(3)17-21-10(11)4/h12-13H,5-8H2,1-4H3,(H,16,19). The minimum Gasteiger partial charge on any atom is -0.361 e. The molecule has 2 heterocycles. The summed E-state index contributed by atoms with van der Waals surface area (Å²) in [7, 11) is 0. The van der Waals surface area contributed by atoms with E-state index in [-0.39, 0.29) is 11.8 Å². The number of hydrogen-bond donors (Lipinski definition) is 1. The third-order valence-electron chi connectivity index (χ3n) is 4.05. The molecular formula is C15H23N3O3. The van der Waals surface area contributed by atoms with Crippen molar-refractivity contribution in [3.63, 3.8) is 0 Å². The highest BCUT2D eigenvalue weighted by Gasteiger charge is 2.39. The molecule has 2 atom stereocenters. The molecular weight excluding hydrogens is 270 g/mol. The highest BCUT2D eigenvalue weighted by Crippen LogP contribution is 2.22. The topological polar surface area (TPSA) is 75.4 Å². The van der Waals surface area contributed by atoms with Crippen LogP contribution < -0.4 is 5.32 Å². The third-order valence-corrected chi connectivity index (χ3v) is 4.05. The average molecular weight is 293 g/mol. The van der Waals surface area contributed by atoms with Crippen LogP contribution in [-0.2, 0) is 16.1 Å². The summed E-state index contributed by atoms with van der Waals surface area (Å²) in [6.45, 7) is 7.98. The van der Waals surface area contributed by atoms with Crippen molar-refractivity contribution in [2.45, 2.75) is 65.6 Å². The van der Waals surface area contributed by atoms with Gasteiger partial charge >= 0.3 is 0 Å². The molecule has 2 unspecified atom stereocenters. The van der Waals surface area contributed by atoms with Gasteiger partial charge in [0, 0.05) is 5.56 Å². The minimum atomic E-state index is -0.417. The Balaban J connectivity index is 2.27. The molecule has 0 bridgehead atoms. The van der Waals surface area contributed by atoms with E-state index in [0.717, 1.165) is 17.7 Å². The fourth-order valence-corrected chi connectivity index (χ4v) is 2.80. The minimum absolute atomic E-state index is 0.0108. The van der Waals surface area contributed by atoms with Gasteiger partial charge in [0.05, 0.1) is 12.2 Å². The lowest BCUT2D eigenvalue weighted by molar-refractivity contribution is -0.150. The van der Waals surface area contributed by atoms with E-state index < -0.39 is 12.1 Å². The van der Waals surface area contributed by atoms with E-state index in [1.807, 2.05) is 27.7 Å². The Morgan fingerprint density at radius 2 is 2.00 bits per heavy atom. The molecule has 2 amide bonds. The maximum absolute atomic E-state index is 12.6. The fourth-order valence-electron chi connectivity index (χ4n) is 2.80. The average Bonchev–Trinajstić information content (AvgIpc) is 2.76. The van der Waals surface area contributed by atoms with Crippen molar-refractivity contribution in [1.82, 2.24) is 15.4 Å². The molecule has 6 heteroatoms. The van der Waals surface area contributed by atoms with Crippen LogP contribution in [0.5, 0.6) is 0 Å². The number of piperazine rings is 1. The summed E-state index contributed by atoms with van der Waals surface area (Å²) in [5.41, 5.74) is 1.67. The van der Waals surface area contributed by atoms with E-state index in [4.69, 9.17) is 4.52 Å². The Kier molecular flexibility index (Phi) is 4.65. The predicted octanol–water partition coefficient (Wildman–Crippen LogP) is 1.70. The van der Waals surface area contributed by atoms with Gasteiger partial charge in [0.15, 0.2) is 0 Å². The van der Waals surface area contributed by atoms with Gasteiger partial charge in [-0.25, -0.2) is 0 Å². The molecule has 0 saturated carbocycles. The van der Waals surface area contributed by atoms with E-state index in [1.165, 1.54) is 0 Å². The van der Waals surface area contributed by atoms with Crippen LogP contribution in [0.25, 0.3) is 0 Å². The molecule has 6 nitrogen and oxygen atoms in total. The molecule has 1 N–H and O–H groups in total.